The molecule has 0 spiro atoms. The molecule has 2 nitrogen and oxygen atoms in total. The van der Waals surface area contributed by atoms with E-state index in [-0.39, 0.29) is 17.0 Å². The molecule has 0 amide bonds. The van der Waals surface area contributed by atoms with Crippen LogP contribution in [0.15, 0.2) is 0 Å². The third-order valence-corrected chi connectivity index (χ3v) is 7.82. The van der Waals surface area contributed by atoms with E-state index in [1.54, 1.807) is 0 Å². The average molecular weight is 393 g/mol. The monoisotopic (exact) mass is 392 g/mol. The summed E-state index contributed by atoms with van der Waals surface area (Å²) >= 11 is 0. The molecule has 0 radical (unpaired) electrons. The van der Waals surface area contributed by atoms with Crippen molar-refractivity contribution >= 4 is 5.97 Å². The smallest absolute Gasteiger partial charge is 0.306 e. The molecule has 2 aliphatic carbocycles. The van der Waals surface area contributed by atoms with Crippen LogP contribution < -0.4 is 0 Å². The quantitative estimate of drug-likeness (QED) is 0.207. The lowest BCUT2D eigenvalue weighted by atomic mass is 9.88. The summed E-state index contributed by atoms with van der Waals surface area (Å²) in [5.41, 5.74) is 0.0711. The van der Waals surface area contributed by atoms with Crippen LogP contribution in [0.3, 0.4) is 0 Å². The summed E-state index contributed by atoms with van der Waals surface area (Å²) in [5, 5.41) is 0. The van der Waals surface area contributed by atoms with E-state index in [2.05, 4.69) is 27.7 Å². The molecule has 0 aromatic heterocycles. The Bertz CT molecular complexity index is 455. The van der Waals surface area contributed by atoms with Crippen molar-refractivity contribution in [2.24, 2.45) is 17.3 Å². The van der Waals surface area contributed by atoms with E-state index in [4.69, 9.17) is 4.74 Å². The first-order chi connectivity index (χ1) is 13.4. The van der Waals surface area contributed by atoms with E-state index in [9.17, 15) is 4.79 Å². The van der Waals surface area contributed by atoms with Gasteiger partial charge < -0.3 is 4.74 Å². The molecule has 2 heteroatoms. The molecule has 2 saturated carbocycles. The first kappa shape index (κ1) is 23.7. The van der Waals surface area contributed by atoms with Crippen molar-refractivity contribution in [2.45, 2.75) is 142 Å². The second kappa shape index (κ2) is 11.6. The molecule has 0 bridgehead atoms. The Morgan fingerprint density at radius 3 is 1.86 bits per heavy atom. The van der Waals surface area contributed by atoms with Crippen LogP contribution in [0.2, 0.25) is 0 Å². The number of esters is 1. The van der Waals surface area contributed by atoms with Crippen LogP contribution in [0, 0.1) is 17.3 Å². The molecule has 3 atom stereocenters. The van der Waals surface area contributed by atoms with Gasteiger partial charge in [0, 0.05) is 17.8 Å². The Balaban J connectivity index is 1.44. The van der Waals surface area contributed by atoms with Gasteiger partial charge in [-0.15, -0.1) is 0 Å². The van der Waals surface area contributed by atoms with Crippen LogP contribution in [0.5, 0.6) is 0 Å². The van der Waals surface area contributed by atoms with Crippen LogP contribution in [-0.2, 0) is 9.53 Å². The standard InChI is InChI=1S/C26H48O2/c1-5-6-7-8-9-10-11-12-13-14-15-16-17-18-24(27)28-26-21-22(2)19-20-23(26)25(26,3)4/h22-23H,5-21H2,1-4H3. The molecule has 28 heavy (non-hydrogen) atoms. The van der Waals surface area contributed by atoms with Gasteiger partial charge in [0.1, 0.15) is 5.60 Å². The summed E-state index contributed by atoms with van der Waals surface area (Å²) in [7, 11) is 0. The average Bonchev–Trinajstić information content (AvgIpc) is 3.12. The van der Waals surface area contributed by atoms with Crippen LogP contribution in [0.4, 0.5) is 0 Å². The van der Waals surface area contributed by atoms with E-state index < -0.39 is 0 Å². The number of ether oxygens (including phenoxy) is 1. The first-order valence-electron chi connectivity index (χ1n) is 12.7. The lowest BCUT2D eigenvalue weighted by Gasteiger charge is -2.28. The van der Waals surface area contributed by atoms with Gasteiger partial charge in [0.15, 0.2) is 0 Å². The predicted molar refractivity (Wildman–Crippen MR) is 119 cm³/mol. The van der Waals surface area contributed by atoms with Crippen LogP contribution >= 0.6 is 0 Å². The lowest BCUT2D eigenvalue weighted by molar-refractivity contribution is -0.156. The highest BCUT2D eigenvalue weighted by molar-refractivity contribution is 5.70. The Kier molecular flexibility index (Phi) is 9.84. The minimum atomic E-state index is -0.127. The van der Waals surface area contributed by atoms with Crippen molar-refractivity contribution in [1.82, 2.24) is 0 Å². The summed E-state index contributed by atoms with van der Waals surface area (Å²) in [6, 6.07) is 0. The second-order valence-corrected chi connectivity index (χ2v) is 10.5. The maximum Gasteiger partial charge on any atom is 0.306 e. The fourth-order valence-corrected chi connectivity index (χ4v) is 5.78. The summed E-state index contributed by atoms with van der Waals surface area (Å²) < 4.78 is 6.11. The Labute approximate surface area is 175 Å². The summed E-state index contributed by atoms with van der Waals surface area (Å²) in [6.07, 6.45) is 21.7. The maximum absolute atomic E-state index is 12.4. The van der Waals surface area contributed by atoms with E-state index >= 15 is 0 Å². The minimum absolute atomic E-state index is 0.0627. The van der Waals surface area contributed by atoms with Gasteiger partial charge in [-0.25, -0.2) is 0 Å². The highest BCUT2D eigenvalue weighted by Gasteiger charge is 2.74. The lowest BCUT2D eigenvalue weighted by Crippen LogP contribution is -2.30. The number of rotatable bonds is 15. The van der Waals surface area contributed by atoms with Crippen LogP contribution in [-0.4, -0.2) is 11.6 Å². The Morgan fingerprint density at radius 2 is 1.32 bits per heavy atom. The molecular formula is C26H48O2. The van der Waals surface area contributed by atoms with Gasteiger partial charge in [-0.2, -0.15) is 0 Å². The topological polar surface area (TPSA) is 26.3 Å². The Morgan fingerprint density at radius 1 is 0.821 bits per heavy atom. The maximum atomic E-state index is 12.4. The molecule has 0 aliphatic heterocycles. The van der Waals surface area contributed by atoms with Gasteiger partial charge in [0.05, 0.1) is 0 Å². The zero-order chi connectivity index (χ0) is 20.5. The molecule has 2 fully saturated rings. The summed E-state index contributed by atoms with van der Waals surface area (Å²) in [5.74, 6) is 1.36. The molecule has 3 unspecified atom stereocenters. The van der Waals surface area contributed by atoms with E-state index in [0.717, 1.165) is 12.8 Å². The van der Waals surface area contributed by atoms with Gasteiger partial charge in [0.2, 0.25) is 0 Å². The molecule has 0 N–H and O–H groups in total. The molecule has 0 heterocycles. The second-order valence-electron chi connectivity index (χ2n) is 10.5. The van der Waals surface area contributed by atoms with Gasteiger partial charge in [-0.1, -0.05) is 111 Å². The third kappa shape index (κ3) is 6.49. The molecule has 0 aromatic rings. The largest absolute Gasteiger partial charge is 0.458 e. The van der Waals surface area contributed by atoms with E-state index in [1.165, 1.54) is 89.9 Å². The van der Waals surface area contributed by atoms with Gasteiger partial charge in [-0.3, -0.25) is 4.79 Å². The number of carbonyl (C=O) groups is 1. The molecular weight excluding hydrogens is 344 g/mol. The van der Waals surface area contributed by atoms with Crippen LogP contribution in [0.1, 0.15) is 137 Å². The highest BCUT2D eigenvalue weighted by Crippen LogP contribution is 2.71. The van der Waals surface area contributed by atoms with Gasteiger partial charge in [-0.05, 0) is 25.2 Å². The minimum Gasteiger partial charge on any atom is -0.458 e. The SMILES string of the molecule is CCCCCCCCCCCCCCCC(=O)OC12CC(C)CCC1C2(C)C. The molecule has 0 saturated heterocycles. The number of unbranched alkanes of at least 4 members (excludes halogenated alkanes) is 12. The van der Waals surface area contributed by atoms with Crippen molar-refractivity contribution in [1.29, 1.82) is 0 Å². The van der Waals surface area contributed by atoms with Crippen molar-refractivity contribution in [3.05, 3.63) is 0 Å². The van der Waals surface area contributed by atoms with E-state index in [0.29, 0.717) is 18.3 Å². The Hall–Kier alpha value is -0.530. The zero-order valence-electron chi connectivity index (χ0n) is 19.5. The molecule has 164 valence electrons. The highest BCUT2D eigenvalue weighted by atomic mass is 16.6. The van der Waals surface area contributed by atoms with Crippen molar-refractivity contribution in [3.63, 3.8) is 0 Å². The van der Waals surface area contributed by atoms with Crippen LogP contribution in [0.25, 0.3) is 0 Å². The predicted octanol–water partition coefficient (Wildman–Crippen LogP) is 8.23. The van der Waals surface area contributed by atoms with Gasteiger partial charge in [0.25, 0.3) is 0 Å². The van der Waals surface area contributed by atoms with Crippen molar-refractivity contribution in [3.8, 4) is 0 Å². The fraction of sp³-hybridized carbons (Fsp3) is 0.962. The molecule has 2 aliphatic rings. The third-order valence-electron chi connectivity index (χ3n) is 7.82. The summed E-state index contributed by atoms with van der Waals surface area (Å²) in [4.78, 5) is 12.4. The fourth-order valence-electron chi connectivity index (χ4n) is 5.78. The summed E-state index contributed by atoms with van der Waals surface area (Å²) in [6.45, 7) is 9.19. The number of hydrogen-bond acceptors (Lipinski definition) is 2. The number of fused-ring (bicyclic) bond motifs is 1. The van der Waals surface area contributed by atoms with Crippen molar-refractivity contribution in [2.75, 3.05) is 0 Å². The van der Waals surface area contributed by atoms with Gasteiger partial charge >= 0.3 is 5.97 Å². The van der Waals surface area contributed by atoms with E-state index in [1.807, 2.05) is 0 Å². The van der Waals surface area contributed by atoms with Crippen molar-refractivity contribution < 1.29 is 9.53 Å². The molecule has 2 rings (SSSR count). The number of carbonyl (C=O) groups excluding carboxylic acids is 1. The normalized spacial score (nSPS) is 28.0. The zero-order valence-corrected chi connectivity index (χ0v) is 19.5. The first-order valence-corrected chi connectivity index (χ1v) is 12.7. The number of hydrogen-bond donors (Lipinski definition) is 0. The molecule has 0 aromatic carbocycles.